The second-order valence-electron chi connectivity index (χ2n) is 3.59. The van der Waals surface area contributed by atoms with Crippen LogP contribution in [0.5, 0.6) is 5.75 Å². The van der Waals surface area contributed by atoms with Crippen LogP contribution in [0.3, 0.4) is 0 Å². The topological polar surface area (TPSA) is 21.3 Å². The fourth-order valence-electron chi connectivity index (χ4n) is 1.57. The van der Waals surface area contributed by atoms with E-state index < -0.39 is 0 Å². The summed E-state index contributed by atoms with van der Waals surface area (Å²) in [5, 5.41) is 3.49. The Morgan fingerprint density at radius 2 is 2.21 bits per heavy atom. The molecule has 0 aromatic heterocycles. The van der Waals surface area contributed by atoms with Gasteiger partial charge in [-0.2, -0.15) is 0 Å². The highest BCUT2D eigenvalue weighted by molar-refractivity contribution is 9.10. The minimum atomic E-state index is 0.627. The van der Waals surface area contributed by atoms with Gasteiger partial charge in [0.1, 0.15) is 5.75 Å². The third-order valence-electron chi connectivity index (χ3n) is 2.65. The van der Waals surface area contributed by atoms with Gasteiger partial charge in [0.15, 0.2) is 0 Å². The molecule has 1 N–H and O–H groups in total. The minimum Gasteiger partial charge on any atom is -0.495 e. The number of anilines is 1. The predicted octanol–water partition coefficient (Wildman–Crippen LogP) is 3.42. The molecule has 1 aliphatic rings. The highest BCUT2D eigenvalue weighted by atomic mass is 79.9. The molecule has 76 valence electrons. The number of hydrogen-bond donors (Lipinski definition) is 1. The molecule has 1 fully saturated rings. The zero-order chi connectivity index (χ0) is 9.97. The number of nitrogens with one attached hydrogen (secondary N) is 1. The van der Waals surface area contributed by atoms with Crippen molar-refractivity contribution in [1.82, 2.24) is 0 Å². The zero-order valence-electron chi connectivity index (χ0n) is 8.22. The maximum absolute atomic E-state index is 5.30. The third kappa shape index (κ3) is 1.87. The van der Waals surface area contributed by atoms with Crippen molar-refractivity contribution in [3.05, 3.63) is 22.7 Å². The van der Waals surface area contributed by atoms with Crippen LogP contribution < -0.4 is 10.1 Å². The van der Waals surface area contributed by atoms with Crippen LogP contribution in [0.25, 0.3) is 0 Å². The van der Waals surface area contributed by atoms with Gasteiger partial charge < -0.3 is 10.1 Å². The Bertz CT molecular complexity index is 323. The van der Waals surface area contributed by atoms with Crippen molar-refractivity contribution in [1.29, 1.82) is 0 Å². The van der Waals surface area contributed by atoms with Crippen molar-refractivity contribution in [3.63, 3.8) is 0 Å². The summed E-state index contributed by atoms with van der Waals surface area (Å²) in [6, 6.07) is 6.62. The molecule has 0 bridgehead atoms. The summed E-state index contributed by atoms with van der Waals surface area (Å²) in [7, 11) is 1.70. The van der Waals surface area contributed by atoms with Gasteiger partial charge >= 0.3 is 0 Å². The van der Waals surface area contributed by atoms with Crippen molar-refractivity contribution < 1.29 is 4.74 Å². The van der Waals surface area contributed by atoms with Crippen LogP contribution in [0.4, 0.5) is 5.69 Å². The van der Waals surface area contributed by atoms with E-state index in [0.717, 1.165) is 15.9 Å². The van der Waals surface area contributed by atoms with Crippen LogP contribution in [-0.4, -0.2) is 13.2 Å². The fraction of sp³-hybridized carbons (Fsp3) is 0.455. The summed E-state index contributed by atoms with van der Waals surface area (Å²) in [6.07, 6.45) is 3.87. The number of ether oxygens (including phenoxy) is 1. The summed E-state index contributed by atoms with van der Waals surface area (Å²) in [5.74, 6) is 0.909. The number of rotatable bonds is 3. The Balaban J connectivity index is 2.19. The van der Waals surface area contributed by atoms with E-state index in [1.165, 1.54) is 19.3 Å². The van der Waals surface area contributed by atoms with Gasteiger partial charge in [-0.05, 0) is 47.3 Å². The zero-order valence-corrected chi connectivity index (χ0v) is 9.80. The lowest BCUT2D eigenvalue weighted by atomic mass is 9.93. The van der Waals surface area contributed by atoms with Crippen molar-refractivity contribution in [2.75, 3.05) is 12.4 Å². The lowest BCUT2D eigenvalue weighted by Crippen LogP contribution is -2.27. The van der Waals surface area contributed by atoms with Crippen LogP contribution in [0.2, 0.25) is 0 Å². The van der Waals surface area contributed by atoms with Crippen molar-refractivity contribution in [2.24, 2.45) is 0 Å². The molecule has 2 rings (SSSR count). The van der Waals surface area contributed by atoms with Gasteiger partial charge in [-0.25, -0.2) is 0 Å². The van der Waals surface area contributed by atoms with Crippen molar-refractivity contribution >= 4 is 21.6 Å². The second kappa shape index (κ2) is 4.22. The van der Waals surface area contributed by atoms with E-state index in [1.807, 2.05) is 18.2 Å². The van der Waals surface area contributed by atoms with Crippen LogP contribution in [0.15, 0.2) is 22.7 Å². The molecule has 1 saturated carbocycles. The first-order chi connectivity index (χ1) is 6.81. The Morgan fingerprint density at radius 3 is 2.79 bits per heavy atom. The molecular formula is C11H14BrNO. The standard InChI is InChI=1S/C11H14BrNO/c1-14-10-7-3-6-9(12)11(10)13-8-4-2-5-8/h3,6-8,13H,2,4-5H2,1H3. The maximum Gasteiger partial charge on any atom is 0.143 e. The molecule has 0 heterocycles. The minimum absolute atomic E-state index is 0.627. The van der Waals surface area contributed by atoms with E-state index in [2.05, 4.69) is 21.2 Å². The Kier molecular flexibility index (Phi) is 2.96. The smallest absolute Gasteiger partial charge is 0.143 e. The molecule has 0 spiro atoms. The van der Waals surface area contributed by atoms with Gasteiger partial charge in [0, 0.05) is 10.5 Å². The van der Waals surface area contributed by atoms with Gasteiger partial charge in [-0.3, -0.25) is 0 Å². The largest absolute Gasteiger partial charge is 0.495 e. The monoisotopic (exact) mass is 255 g/mol. The average molecular weight is 256 g/mol. The molecule has 1 aliphatic carbocycles. The Morgan fingerprint density at radius 1 is 1.43 bits per heavy atom. The van der Waals surface area contributed by atoms with Gasteiger partial charge in [-0.1, -0.05) is 6.07 Å². The SMILES string of the molecule is COc1cccc(Br)c1NC1CCC1. The normalized spacial score (nSPS) is 16.1. The Labute approximate surface area is 92.8 Å². The lowest BCUT2D eigenvalue weighted by Gasteiger charge is -2.28. The van der Waals surface area contributed by atoms with E-state index in [0.29, 0.717) is 6.04 Å². The van der Waals surface area contributed by atoms with E-state index in [4.69, 9.17) is 4.74 Å². The molecular weight excluding hydrogens is 242 g/mol. The van der Waals surface area contributed by atoms with Crippen molar-refractivity contribution in [2.45, 2.75) is 25.3 Å². The molecule has 14 heavy (non-hydrogen) atoms. The van der Waals surface area contributed by atoms with Crippen LogP contribution in [0, 0.1) is 0 Å². The maximum atomic E-state index is 5.30. The van der Waals surface area contributed by atoms with E-state index >= 15 is 0 Å². The molecule has 0 radical (unpaired) electrons. The highest BCUT2D eigenvalue weighted by Crippen LogP contribution is 2.35. The van der Waals surface area contributed by atoms with Gasteiger partial charge in [0.25, 0.3) is 0 Å². The van der Waals surface area contributed by atoms with Gasteiger partial charge in [0.2, 0.25) is 0 Å². The first kappa shape index (κ1) is 9.84. The molecule has 0 saturated heterocycles. The van der Waals surface area contributed by atoms with Crippen LogP contribution >= 0.6 is 15.9 Å². The predicted molar refractivity (Wildman–Crippen MR) is 62.0 cm³/mol. The third-order valence-corrected chi connectivity index (χ3v) is 3.31. The summed E-state index contributed by atoms with van der Waals surface area (Å²) < 4.78 is 6.38. The molecule has 1 aromatic rings. The molecule has 0 unspecified atom stereocenters. The fourth-order valence-corrected chi connectivity index (χ4v) is 2.03. The molecule has 0 atom stereocenters. The number of halogens is 1. The average Bonchev–Trinajstić information content (AvgIpc) is 2.12. The summed E-state index contributed by atoms with van der Waals surface area (Å²) in [6.45, 7) is 0. The van der Waals surface area contributed by atoms with Gasteiger partial charge in [-0.15, -0.1) is 0 Å². The van der Waals surface area contributed by atoms with E-state index in [1.54, 1.807) is 7.11 Å². The van der Waals surface area contributed by atoms with Crippen molar-refractivity contribution in [3.8, 4) is 5.75 Å². The first-order valence-corrected chi connectivity index (χ1v) is 5.69. The van der Waals surface area contributed by atoms with Crippen LogP contribution in [-0.2, 0) is 0 Å². The van der Waals surface area contributed by atoms with Gasteiger partial charge in [0.05, 0.1) is 12.8 Å². The number of hydrogen-bond acceptors (Lipinski definition) is 2. The molecule has 0 amide bonds. The highest BCUT2D eigenvalue weighted by Gasteiger charge is 2.19. The molecule has 3 heteroatoms. The Hall–Kier alpha value is -0.700. The molecule has 0 aliphatic heterocycles. The lowest BCUT2D eigenvalue weighted by molar-refractivity contribution is 0.409. The van der Waals surface area contributed by atoms with E-state index in [-0.39, 0.29) is 0 Å². The second-order valence-corrected chi connectivity index (χ2v) is 4.44. The number of methoxy groups -OCH3 is 1. The first-order valence-electron chi connectivity index (χ1n) is 4.90. The summed E-state index contributed by atoms with van der Waals surface area (Å²) in [4.78, 5) is 0. The quantitative estimate of drug-likeness (QED) is 0.894. The summed E-state index contributed by atoms with van der Waals surface area (Å²) in [5.41, 5.74) is 1.08. The number of para-hydroxylation sites is 1. The number of benzene rings is 1. The van der Waals surface area contributed by atoms with E-state index in [9.17, 15) is 0 Å². The molecule has 1 aromatic carbocycles. The van der Waals surface area contributed by atoms with Crippen LogP contribution in [0.1, 0.15) is 19.3 Å². The molecule has 2 nitrogen and oxygen atoms in total. The summed E-state index contributed by atoms with van der Waals surface area (Å²) >= 11 is 3.53.